The predicted octanol–water partition coefficient (Wildman–Crippen LogP) is 4.12. The number of hydrogen-bond donors (Lipinski definition) is 1. The van der Waals surface area contributed by atoms with E-state index in [-0.39, 0.29) is 12.5 Å². The number of rotatable bonds is 4. The fourth-order valence-corrected chi connectivity index (χ4v) is 4.21. The van der Waals surface area contributed by atoms with Gasteiger partial charge in [0.15, 0.2) is 0 Å². The molecule has 2 aromatic heterocycles. The molecule has 1 amide bonds. The van der Waals surface area contributed by atoms with E-state index in [0.717, 1.165) is 15.7 Å². The number of aromatic nitrogens is 2. The lowest BCUT2D eigenvalue weighted by molar-refractivity contribution is -0.116. The summed E-state index contributed by atoms with van der Waals surface area (Å²) < 4.78 is 2.80. The lowest BCUT2D eigenvalue weighted by atomic mass is 10.1. The summed E-state index contributed by atoms with van der Waals surface area (Å²) in [5, 5.41) is 5.10. The van der Waals surface area contributed by atoms with Crippen LogP contribution < -0.4 is 16.6 Å². The molecule has 0 bridgehead atoms. The zero-order chi connectivity index (χ0) is 21.4. The third-order valence-corrected chi connectivity index (χ3v) is 5.95. The first-order valence-electron chi connectivity index (χ1n) is 9.21. The number of nitrogens with zero attached hydrogens (tertiary/aromatic N) is 2. The minimum Gasteiger partial charge on any atom is -0.324 e. The van der Waals surface area contributed by atoms with E-state index in [1.54, 1.807) is 35.7 Å². The van der Waals surface area contributed by atoms with Crippen LogP contribution in [0.2, 0.25) is 5.02 Å². The summed E-state index contributed by atoms with van der Waals surface area (Å²) in [7, 11) is 0. The van der Waals surface area contributed by atoms with Gasteiger partial charge in [0.1, 0.15) is 11.2 Å². The molecule has 8 heteroatoms. The highest BCUT2D eigenvalue weighted by Crippen LogP contribution is 2.19. The summed E-state index contributed by atoms with van der Waals surface area (Å²) in [6, 6.07) is 13.9. The molecule has 0 aliphatic rings. The Balaban J connectivity index is 1.79. The van der Waals surface area contributed by atoms with Crippen LogP contribution in [0.1, 0.15) is 11.1 Å². The van der Waals surface area contributed by atoms with Crippen LogP contribution in [0, 0.1) is 13.8 Å². The third-order valence-electron chi connectivity index (χ3n) is 4.81. The van der Waals surface area contributed by atoms with Crippen LogP contribution in [-0.4, -0.2) is 15.0 Å². The predicted molar refractivity (Wildman–Crippen MR) is 121 cm³/mol. The summed E-state index contributed by atoms with van der Waals surface area (Å²) in [6.07, 6.45) is 0. The average Bonchev–Trinajstić information content (AvgIpc) is 3.20. The SMILES string of the molecule is Cc1ccc(C)c(NC(=O)Cn2c(=O)n(-c3ccc(Cl)cc3)c(=O)c3sccc32)c1. The Morgan fingerprint density at radius 1 is 1.07 bits per heavy atom. The monoisotopic (exact) mass is 439 g/mol. The molecule has 1 N–H and O–H groups in total. The van der Waals surface area contributed by atoms with Crippen LogP contribution in [0.4, 0.5) is 5.69 Å². The van der Waals surface area contributed by atoms with Gasteiger partial charge in [-0.25, -0.2) is 9.36 Å². The van der Waals surface area contributed by atoms with Crippen LogP contribution in [0.5, 0.6) is 0 Å². The van der Waals surface area contributed by atoms with Gasteiger partial charge in [-0.15, -0.1) is 11.3 Å². The Morgan fingerprint density at radius 2 is 1.80 bits per heavy atom. The number of fused-ring (bicyclic) bond motifs is 1. The molecule has 152 valence electrons. The highest BCUT2D eigenvalue weighted by atomic mass is 35.5. The van der Waals surface area contributed by atoms with Gasteiger partial charge in [-0.3, -0.25) is 14.2 Å². The number of amides is 1. The Hall–Kier alpha value is -3.16. The van der Waals surface area contributed by atoms with Gasteiger partial charge < -0.3 is 5.32 Å². The molecule has 0 aliphatic carbocycles. The van der Waals surface area contributed by atoms with Crippen molar-refractivity contribution in [3.63, 3.8) is 0 Å². The molecule has 0 unspecified atom stereocenters. The molecule has 4 aromatic rings. The van der Waals surface area contributed by atoms with Crippen LogP contribution in [0.25, 0.3) is 15.9 Å². The number of halogens is 1. The largest absolute Gasteiger partial charge is 0.336 e. The molecule has 6 nitrogen and oxygen atoms in total. The standard InChI is InChI=1S/C22H18ClN3O3S/c1-13-3-4-14(2)17(11-13)24-19(27)12-25-18-9-10-30-20(18)21(28)26(22(25)29)16-7-5-15(23)6-8-16/h3-11H,12H2,1-2H3,(H,24,27). The Morgan fingerprint density at radius 3 is 2.53 bits per heavy atom. The molecule has 4 rings (SSSR count). The normalized spacial score (nSPS) is 11.0. The smallest absolute Gasteiger partial charge is 0.324 e. The van der Waals surface area contributed by atoms with Crippen LogP contribution in [-0.2, 0) is 11.3 Å². The van der Waals surface area contributed by atoms with Crippen molar-refractivity contribution in [2.24, 2.45) is 0 Å². The number of nitrogens with one attached hydrogen (secondary N) is 1. The first-order chi connectivity index (χ1) is 14.3. The van der Waals surface area contributed by atoms with Crippen molar-refractivity contribution in [1.29, 1.82) is 0 Å². The minimum absolute atomic E-state index is 0.215. The molecule has 30 heavy (non-hydrogen) atoms. The Bertz CT molecular complexity index is 1380. The van der Waals surface area contributed by atoms with E-state index in [9.17, 15) is 14.4 Å². The van der Waals surface area contributed by atoms with E-state index in [2.05, 4.69) is 5.32 Å². The maximum Gasteiger partial charge on any atom is 0.336 e. The Kier molecular flexibility index (Phi) is 5.32. The van der Waals surface area contributed by atoms with Gasteiger partial charge in [0.2, 0.25) is 5.91 Å². The van der Waals surface area contributed by atoms with Crippen LogP contribution >= 0.6 is 22.9 Å². The maximum atomic E-state index is 13.2. The van der Waals surface area contributed by atoms with Crippen LogP contribution in [0.15, 0.2) is 63.5 Å². The molecule has 0 spiro atoms. The number of thiophene rings is 1. The van der Waals surface area contributed by atoms with Gasteiger partial charge in [0, 0.05) is 10.7 Å². The van der Waals surface area contributed by atoms with Crippen molar-refractivity contribution >= 4 is 44.7 Å². The number of benzene rings is 2. The van der Waals surface area contributed by atoms with Crippen molar-refractivity contribution < 1.29 is 4.79 Å². The van der Waals surface area contributed by atoms with E-state index in [1.165, 1.54) is 15.9 Å². The van der Waals surface area contributed by atoms with Gasteiger partial charge in [-0.2, -0.15) is 0 Å². The average molecular weight is 440 g/mol. The quantitative estimate of drug-likeness (QED) is 0.519. The molecular formula is C22H18ClN3O3S. The number of hydrogen-bond acceptors (Lipinski definition) is 4. The summed E-state index contributed by atoms with van der Waals surface area (Å²) >= 11 is 7.17. The zero-order valence-corrected chi connectivity index (χ0v) is 17.9. The second-order valence-corrected chi connectivity index (χ2v) is 8.34. The lowest BCUT2D eigenvalue weighted by Crippen LogP contribution is -2.40. The summed E-state index contributed by atoms with van der Waals surface area (Å²) in [6.45, 7) is 3.63. The van der Waals surface area contributed by atoms with Crippen LogP contribution in [0.3, 0.4) is 0 Å². The topological polar surface area (TPSA) is 73.1 Å². The van der Waals surface area contributed by atoms with Crippen molar-refractivity contribution in [3.8, 4) is 5.69 Å². The van der Waals surface area contributed by atoms with E-state index in [4.69, 9.17) is 11.6 Å². The van der Waals surface area contributed by atoms with E-state index >= 15 is 0 Å². The fraction of sp³-hybridized carbons (Fsp3) is 0.136. The van der Waals surface area contributed by atoms with Gasteiger partial charge in [-0.1, -0.05) is 23.7 Å². The number of carbonyl (C=O) groups excluding carboxylic acids is 1. The summed E-state index contributed by atoms with van der Waals surface area (Å²) in [5.74, 6) is -0.348. The van der Waals surface area contributed by atoms with Crippen molar-refractivity contribution in [3.05, 3.63) is 90.9 Å². The highest BCUT2D eigenvalue weighted by Gasteiger charge is 2.18. The zero-order valence-electron chi connectivity index (χ0n) is 16.3. The molecule has 2 heterocycles. The van der Waals surface area contributed by atoms with E-state index in [0.29, 0.717) is 26.6 Å². The van der Waals surface area contributed by atoms with E-state index in [1.807, 2.05) is 32.0 Å². The number of carbonyl (C=O) groups is 1. The Labute approximate surface area is 181 Å². The molecule has 2 aromatic carbocycles. The van der Waals surface area contributed by atoms with Gasteiger partial charge in [0.25, 0.3) is 5.56 Å². The van der Waals surface area contributed by atoms with Gasteiger partial charge >= 0.3 is 5.69 Å². The van der Waals surface area contributed by atoms with Crippen molar-refractivity contribution in [2.45, 2.75) is 20.4 Å². The van der Waals surface area contributed by atoms with Gasteiger partial charge in [0.05, 0.1) is 11.2 Å². The fourth-order valence-electron chi connectivity index (χ4n) is 3.26. The maximum absolute atomic E-state index is 13.2. The summed E-state index contributed by atoms with van der Waals surface area (Å²) in [5.41, 5.74) is 2.48. The lowest BCUT2D eigenvalue weighted by Gasteiger charge is -2.13. The molecule has 0 radical (unpaired) electrons. The van der Waals surface area contributed by atoms with Crippen molar-refractivity contribution in [2.75, 3.05) is 5.32 Å². The van der Waals surface area contributed by atoms with Gasteiger partial charge in [-0.05, 0) is 66.8 Å². The first kappa shape index (κ1) is 20.1. The van der Waals surface area contributed by atoms with E-state index < -0.39 is 11.2 Å². The molecule has 0 saturated heterocycles. The highest BCUT2D eigenvalue weighted by molar-refractivity contribution is 7.17. The second-order valence-electron chi connectivity index (χ2n) is 6.99. The molecule has 0 aliphatic heterocycles. The second kappa shape index (κ2) is 7.93. The number of anilines is 1. The third kappa shape index (κ3) is 3.69. The minimum atomic E-state index is -0.579. The summed E-state index contributed by atoms with van der Waals surface area (Å²) in [4.78, 5) is 38.9. The molecule has 0 fully saturated rings. The number of aryl methyl sites for hydroxylation is 2. The first-order valence-corrected chi connectivity index (χ1v) is 10.5. The molecule has 0 saturated carbocycles. The molecular weight excluding hydrogens is 422 g/mol. The van der Waals surface area contributed by atoms with Crippen molar-refractivity contribution in [1.82, 2.24) is 9.13 Å². The molecule has 0 atom stereocenters.